The van der Waals surface area contributed by atoms with Crippen LogP contribution in [-0.4, -0.2) is 66.7 Å². The Labute approximate surface area is 173 Å². The van der Waals surface area contributed by atoms with Gasteiger partial charge in [0, 0.05) is 11.1 Å². The van der Waals surface area contributed by atoms with Crippen LogP contribution in [0.25, 0.3) is 0 Å². The Kier molecular flexibility index (Phi) is 6.96. The fourth-order valence-electron chi connectivity index (χ4n) is 2.06. The highest BCUT2D eigenvalue weighted by molar-refractivity contribution is 6.15. The predicted molar refractivity (Wildman–Crippen MR) is 101 cm³/mol. The van der Waals surface area contributed by atoms with E-state index in [4.69, 9.17) is 9.47 Å². The second-order valence-corrected chi connectivity index (χ2v) is 8.58. The zero-order valence-electron chi connectivity index (χ0n) is 17.5. The summed E-state index contributed by atoms with van der Waals surface area (Å²) in [6.45, 7) is 8.79. The van der Waals surface area contributed by atoms with Gasteiger partial charge in [-0.1, -0.05) is 24.3 Å². The van der Waals surface area contributed by atoms with Crippen molar-refractivity contribution < 1.29 is 49.1 Å². The predicted octanol–water partition coefficient (Wildman–Crippen LogP) is 0.0972. The van der Waals surface area contributed by atoms with Crippen LogP contribution in [0.15, 0.2) is 24.3 Å². The standard InChI is InChI=1S/C20H26O10/c1-17(2,3)29-15(23)19(25,26)13(21)11-7-9-12(10-8-11)14(22)20(27,28)16(24)30-18(4,5)6/h7-10,25-28H,1-6H3. The topological polar surface area (TPSA) is 168 Å². The van der Waals surface area contributed by atoms with Gasteiger partial charge in [-0.05, 0) is 41.5 Å². The number of hydrogen-bond donors (Lipinski definition) is 4. The first-order chi connectivity index (χ1) is 13.3. The monoisotopic (exact) mass is 426 g/mol. The minimum atomic E-state index is -3.48. The lowest BCUT2D eigenvalue weighted by molar-refractivity contribution is -0.203. The van der Waals surface area contributed by atoms with Gasteiger partial charge in [0.05, 0.1) is 0 Å². The van der Waals surface area contributed by atoms with Gasteiger partial charge in [-0.25, -0.2) is 9.59 Å². The lowest BCUT2D eigenvalue weighted by Crippen LogP contribution is -2.50. The second-order valence-electron chi connectivity index (χ2n) is 8.58. The van der Waals surface area contributed by atoms with Crippen LogP contribution in [0.2, 0.25) is 0 Å². The summed E-state index contributed by atoms with van der Waals surface area (Å²) in [7, 11) is 0. The number of rotatable bonds is 6. The van der Waals surface area contributed by atoms with Crippen molar-refractivity contribution in [2.45, 2.75) is 64.3 Å². The normalized spacial score (nSPS) is 12.9. The van der Waals surface area contributed by atoms with Crippen LogP contribution in [0, 0.1) is 0 Å². The van der Waals surface area contributed by atoms with Crippen molar-refractivity contribution in [3.05, 3.63) is 35.4 Å². The van der Waals surface area contributed by atoms with Crippen LogP contribution in [0.3, 0.4) is 0 Å². The molecular formula is C20H26O10. The van der Waals surface area contributed by atoms with E-state index in [1.54, 1.807) is 0 Å². The summed E-state index contributed by atoms with van der Waals surface area (Å²) in [6, 6.07) is 3.75. The fourth-order valence-corrected chi connectivity index (χ4v) is 2.06. The van der Waals surface area contributed by atoms with Crippen LogP contribution in [-0.2, 0) is 19.1 Å². The molecule has 0 heterocycles. The van der Waals surface area contributed by atoms with Gasteiger partial charge in [-0.3, -0.25) is 9.59 Å². The fraction of sp³-hybridized carbons (Fsp3) is 0.500. The minimum absolute atomic E-state index is 0.388. The molecule has 0 aliphatic heterocycles. The van der Waals surface area contributed by atoms with Gasteiger partial charge >= 0.3 is 23.5 Å². The van der Waals surface area contributed by atoms with Crippen molar-refractivity contribution in [2.24, 2.45) is 0 Å². The van der Waals surface area contributed by atoms with Crippen LogP contribution in [0.1, 0.15) is 62.3 Å². The molecule has 0 saturated carbocycles. The zero-order chi connectivity index (χ0) is 23.7. The molecule has 0 spiro atoms. The maximum absolute atomic E-state index is 12.3. The average Bonchev–Trinajstić information content (AvgIpc) is 2.57. The number of ether oxygens (including phenoxy) is 2. The Morgan fingerprint density at radius 1 is 0.600 bits per heavy atom. The summed E-state index contributed by atoms with van der Waals surface area (Å²) < 4.78 is 9.57. The van der Waals surface area contributed by atoms with Crippen LogP contribution in [0.4, 0.5) is 0 Å². The molecule has 30 heavy (non-hydrogen) atoms. The number of aliphatic hydroxyl groups is 4. The lowest BCUT2D eigenvalue weighted by Gasteiger charge is -2.26. The summed E-state index contributed by atoms with van der Waals surface area (Å²) in [5, 5.41) is 39.5. The molecule has 0 atom stereocenters. The number of Topliss-reactive ketones (excluding diaryl/α,β-unsaturated/α-hetero) is 2. The molecule has 0 unspecified atom stereocenters. The Morgan fingerprint density at radius 2 is 0.833 bits per heavy atom. The molecule has 0 radical (unpaired) electrons. The van der Waals surface area contributed by atoms with Crippen molar-refractivity contribution >= 4 is 23.5 Å². The Morgan fingerprint density at radius 3 is 1.03 bits per heavy atom. The molecule has 10 heteroatoms. The SMILES string of the molecule is CC(C)(C)OC(=O)C(O)(O)C(=O)c1ccc(C(=O)C(O)(O)C(=O)OC(C)(C)C)cc1. The third-order valence-corrected chi connectivity index (χ3v) is 3.41. The first kappa shape index (κ1) is 25.4. The van der Waals surface area contributed by atoms with E-state index in [1.807, 2.05) is 0 Å². The third-order valence-electron chi connectivity index (χ3n) is 3.41. The highest BCUT2D eigenvalue weighted by Gasteiger charge is 2.47. The number of carbonyl (C=O) groups excluding carboxylic acids is 4. The molecule has 1 aromatic carbocycles. The molecule has 0 fully saturated rings. The van der Waals surface area contributed by atoms with E-state index in [9.17, 15) is 39.6 Å². The van der Waals surface area contributed by atoms with E-state index in [2.05, 4.69) is 0 Å². The summed E-state index contributed by atoms with van der Waals surface area (Å²) in [6.07, 6.45) is 0. The van der Waals surface area contributed by atoms with Gasteiger partial charge in [-0.15, -0.1) is 0 Å². The quantitative estimate of drug-likeness (QED) is 0.212. The van der Waals surface area contributed by atoms with Crippen molar-refractivity contribution in [3.63, 3.8) is 0 Å². The third kappa shape index (κ3) is 6.17. The van der Waals surface area contributed by atoms with Gasteiger partial charge in [0.15, 0.2) is 0 Å². The molecule has 0 bridgehead atoms. The van der Waals surface area contributed by atoms with Crippen LogP contribution in [0.5, 0.6) is 0 Å². The van der Waals surface area contributed by atoms with Gasteiger partial charge in [0.25, 0.3) is 0 Å². The number of carbonyl (C=O) groups is 4. The number of ketones is 2. The molecule has 4 N–H and O–H groups in total. The van der Waals surface area contributed by atoms with E-state index >= 15 is 0 Å². The smallest absolute Gasteiger partial charge is 0.375 e. The second kappa shape index (κ2) is 8.23. The molecule has 0 aromatic heterocycles. The van der Waals surface area contributed by atoms with Gasteiger partial charge in [0.2, 0.25) is 11.6 Å². The van der Waals surface area contributed by atoms with Crippen molar-refractivity contribution in [1.29, 1.82) is 0 Å². The molecule has 0 amide bonds. The zero-order valence-corrected chi connectivity index (χ0v) is 17.5. The molecule has 166 valence electrons. The average molecular weight is 426 g/mol. The first-order valence-electron chi connectivity index (χ1n) is 8.85. The summed E-state index contributed by atoms with van der Waals surface area (Å²) in [5.41, 5.74) is -2.95. The maximum atomic E-state index is 12.3. The lowest BCUT2D eigenvalue weighted by atomic mass is 9.98. The molecule has 1 aromatic rings. The highest BCUT2D eigenvalue weighted by atomic mass is 16.6. The van der Waals surface area contributed by atoms with Gasteiger partial charge in [-0.2, -0.15) is 0 Å². The molecule has 10 nitrogen and oxygen atoms in total. The summed E-state index contributed by atoms with van der Waals surface area (Å²) in [4.78, 5) is 48.3. The summed E-state index contributed by atoms with van der Waals surface area (Å²) in [5.74, 6) is -13.0. The van der Waals surface area contributed by atoms with Crippen molar-refractivity contribution in [1.82, 2.24) is 0 Å². The van der Waals surface area contributed by atoms with Gasteiger partial charge in [0.1, 0.15) is 11.2 Å². The highest BCUT2D eigenvalue weighted by Crippen LogP contribution is 2.21. The van der Waals surface area contributed by atoms with Gasteiger partial charge < -0.3 is 29.9 Å². The molecule has 1 rings (SSSR count). The van der Waals surface area contributed by atoms with E-state index in [0.717, 1.165) is 24.3 Å². The first-order valence-corrected chi connectivity index (χ1v) is 8.85. The Balaban J connectivity index is 3.07. The molecule has 0 aliphatic carbocycles. The largest absolute Gasteiger partial charge is 0.456 e. The van der Waals surface area contributed by atoms with E-state index in [1.165, 1.54) is 41.5 Å². The molecule has 0 saturated heterocycles. The number of hydrogen-bond acceptors (Lipinski definition) is 10. The van der Waals surface area contributed by atoms with E-state index in [-0.39, 0.29) is 11.1 Å². The summed E-state index contributed by atoms with van der Waals surface area (Å²) >= 11 is 0. The van der Waals surface area contributed by atoms with Crippen LogP contribution < -0.4 is 0 Å². The number of esters is 2. The van der Waals surface area contributed by atoms with Crippen molar-refractivity contribution in [2.75, 3.05) is 0 Å². The number of benzene rings is 1. The Bertz CT molecular complexity index is 765. The minimum Gasteiger partial charge on any atom is -0.456 e. The van der Waals surface area contributed by atoms with E-state index < -0.39 is 46.3 Å². The molecular weight excluding hydrogens is 400 g/mol. The van der Waals surface area contributed by atoms with E-state index in [0.29, 0.717) is 0 Å². The van der Waals surface area contributed by atoms with Crippen molar-refractivity contribution in [3.8, 4) is 0 Å². The maximum Gasteiger partial charge on any atom is 0.375 e. The van der Waals surface area contributed by atoms with Crippen LogP contribution >= 0.6 is 0 Å². The Hall–Kier alpha value is -2.66. The molecule has 0 aliphatic rings.